The van der Waals surface area contributed by atoms with Crippen molar-refractivity contribution >= 4 is 21.8 Å². The quantitative estimate of drug-likeness (QED) is 0.868. The molecule has 1 aromatic rings. The molecule has 0 saturated carbocycles. The van der Waals surface area contributed by atoms with Crippen LogP contribution in [0.4, 0.5) is 0 Å². The molecule has 0 aliphatic carbocycles. The number of carbonyl (C=O) groups excluding carboxylic acids is 1. The first-order valence-electron chi connectivity index (χ1n) is 6.24. The number of nitrogens with one attached hydrogen (secondary N) is 1. The average molecular weight is 312 g/mol. The van der Waals surface area contributed by atoms with Crippen molar-refractivity contribution in [1.29, 1.82) is 0 Å². The largest absolute Gasteiger partial charge is 0.480 e. The molecule has 1 heterocycles. The van der Waals surface area contributed by atoms with Gasteiger partial charge in [-0.15, -0.1) is 0 Å². The Labute approximate surface area is 116 Å². The second-order valence-electron chi connectivity index (χ2n) is 4.92. The van der Waals surface area contributed by atoms with Crippen LogP contribution in [0, 0.1) is 5.92 Å². The summed E-state index contributed by atoms with van der Waals surface area (Å²) in [6.07, 6.45) is 0.283. The van der Waals surface area contributed by atoms with E-state index in [2.05, 4.69) is 35.1 Å². The van der Waals surface area contributed by atoms with Gasteiger partial charge in [0.25, 0.3) is 5.91 Å². The van der Waals surface area contributed by atoms with E-state index in [9.17, 15) is 4.79 Å². The Bertz CT molecular complexity index is 409. The zero-order valence-corrected chi connectivity index (χ0v) is 12.2. The molecule has 0 aromatic heterocycles. The third-order valence-electron chi connectivity index (χ3n) is 3.13. The molecule has 2 unspecified atom stereocenters. The summed E-state index contributed by atoms with van der Waals surface area (Å²) >= 11 is 3.55. The molecule has 0 fully saturated rings. The number of para-hydroxylation sites is 1. The lowest BCUT2D eigenvalue weighted by Gasteiger charge is -2.16. The predicted octanol–water partition coefficient (Wildman–Crippen LogP) is 2.53. The molecule has 1 aliphatic heterocycles. The lowest BCUT2D eigenvalue weighted by Crippen LogP contribution is -2.40. The second kappa shape index (κ2) is 5.74. The molecule has 0 spiro atoms. The summed E-state index contributed by atoms with van der Waals surface area (Å²) in [5, 5.41) is 2.93. The lowest BCUT2D eigenvalue weighted by molar-refractivity contribution is -0.127. The third kappa shape index (κ3) is 3.05. The maximum Gasteiger partial charge on any atom is 0.261 e. The Hall–Kier alpha value is -1.03. The first-order chi connectivity index (χ1) is 8.58. The normalized spacial score (nSPS) is 19.2. The van der Waals surface area contributed by atoms with Crippen LogP contribution in [0.5, 0.6) is 5.75 Å². The van der Waals surface area contributed by atoms with Gasteiger partial charge in [0, 0.05) is 17.8 Å². The summed E-state index contributed by atoms with van der Waals surface area (Å²) in [5.41, 5.74) is 1.11. The highest BCUT2D eigenvalue weighted by Gasteiger charge is 2.28. The predicted molar refractivity (Wildman–Crippen MR) is 75.1 cm³/mol. The van der Waals surface area contributed by atoms with Crippen molar-refractivity contribution in [2.75, 3.05) is 6.54 Å². The number of rotatable bonds is 4. The molecule has 4 heteroatoms. The standard InChI is InChI=1S/C14H18BrNO2/c1-9(2)11(15)8-16-14(17)13-7-10-5-3-4-6-12(10)18-13/h3-6,9,11,13H,7-8H2,1-2H3,(H,16,17). The number of carbonyl (C=O) groups is 1. The number of halogens is 1. The van der Waals surface area contributed by atoms with E-state index >= 15 is 0 Å². The van der Waals surface area contributed by atoms with Crippen LogP contribution in [0.1, 0.15) is 19.4 Å². The molecule has 0 bridgehead atoms. The highest BCUT2D eigenvalue weighted by Crippen LogP contribution is 2.28. The molecule has 2 atom stereocenters. The summed E-state index contributed by atoms with van der Waals surface area (Å²) in [5.74, 6) is 1.29. The van der Waals surface area contributed by atoms with E-state index in [4.69, 9.17) is 4.74 Å². The Morgan fingerprint density at radius 2 is 2.22 bits per heavy atom. The first kappa shape index (κ1) is 13.4. The zero-order valence-electron chi connectivity index (χ0n) is 10.7. The van der Waals surface area contributed by atoms with Crippen LogP contribution in [0.25, 0.3) is 0 Å². The summed E-state index contributed by atoms with van der Waals surface area (Å²) in [4.78, 5) is 12.3. The smallest absolute Gasteiger partial charge is 0.261 e. The molecule has 18 heavy (non-hydrogen) atoms. The van der Waals surface area contributed by atoms with Gasteiger partial charge in [0.2, 0.25) is 0 Å². The lowest BCUT2D eigenvalue weighted by atomic mass is 10.1. The number of hydrogen-bond acceptors (Lipinski definition) is 2. The zero-order chi connectivity index (χ0) is 13.1. The van der Waals surface area contributed by atoms with Crippen LogP contribution in [0.3, 0.4) is 0 Å². The number of amides is 1. The van der Waals surface area contributed by atoms with Gasteiger partial charge >= 0.3 is 0 Å². The SMILES string of the molecule is CC(C)C(Br)CNC(=O)C1Cc2ccccc2O1. The minimum Gasteiger partial charge on any atom is -0.480 e. The van der Waals surface area contributed by atoms with Gasteiger partial charge in [0.05, 0.1) is 0 Å². The van der Waals surface area contributed by atoms with Gasteiger partial charge in [-0.3, -0.25) is 4.79 Å². The van der Waals surface area contributed by atoms with Gasteiger partial charge < -0.3 is 10.1 Å². The number of alkyl halides is 1. The molecule has 0 saturated heterocycles. The summed E-state index contributed by atoms with van der Waals surface area (Å²) in [7, 11) is 0. The monoisotopic (exact) mass is 311 g/mol. The van der Waals surface area contributed by atoms with Crippen LogP contribution in [-0.4, -0.2) is 23.4 Å². The fraction of sp³-hybridized carbons (Fsp3) is 0.500. The highest BCUT2D eigenvalue weighted by atomic mass is 79.9. The van der Waals surface area contributed by atoms with Crippen molar-refractivity contribution in [3.05, 3.63) is 29.8 Å². The minimum atomic E-state index is -0.380. The fourth-order valence-electron chi connectivity index (χ4n) is 1.88. The number of ether oxygens (including phenoxy) is 1. The molecule has 3 nitrogen and oxygen atoms in total. The van der Waals surface area contributed by atoms with E-state index in [0.29, 0.717) is 23.7 Å². The molecule has 0 radical (unpaired) electrons. The van der Waals surface area contributed by atoms with Crippen molar-refractivity contribution in [2.45, 2.75) is 31.2 Å². The number of benzene rings is 1. The number of fused-ring (bicyclic) bond motifs is 1. The van der Waals surface area contributed by atoms with Crippen molar-refractivity contribution in [3.8, 4) is 5.75 Å². The van der Waals surface area contributed by atoms with Gasteiger partial charge in [0.15, 0.2) is 6.10 Å². The first-order valence-corrected chi connectivity index (χ1v) is 7.16. The van der Waals surface area contributed by atoms with Gasteiger partial charge in [-0.2, -0.15) is 0 Å². The topological polar surface area (TPSA) is 38.3 Å². The van der Waals surface area contributed by atoms with Crippen LogP contribution in [0.2, 0.25) is 0 Å². The van der Waals surface area contributed by atoms with Crippen LogP contribution < -0.4 is 10.1 Å². The summed E-state index contributed by atoms with van der Waals surface area (Å²) in [6, 6.07) is 7.80. The van der Waals surface area contributed by atoms with E-state index in [1.165, 1.54) is 0 Å². The Balaban J connectivity index is 1.86. The Kier molecular flexibility index (Phi) is 4.27. The van der Waals surface area contributed by atoms with Crippen LogP contribution >= 0.6 is 15.9 Å². The highest BCUT2D eigenvalue weighted by molar-refractivity contribution is 9.09. The van der Waals surface area contributed by atoms with E-state index < -0.39 is 0 Å². The van der Waals surface area contributed by atoms with E-state index in [0.717, 1.165) is 11.3 Å². The molecule has 1 aliphatic rings. The molecule has 1 aromatic carbocycles. The van der Waals surface area contributed by atoms with Gasteiger partial charge in [0.1, 0.15) is 5.75 Å². The van der Waals surface area contributed by atoms with Gasteiger partial charge in [-0.25, -0.2) is 0 Å². The summed E-state index contributed by atoms with van der Waals surface area (Å²) in [6.45, 7) is 4.87. The van der Waals surface area contributed by atoms with Crippen molar-refractivity contribution in [2.24, 2.45) is 5.92 Å². The Morgan fingerprint density at radius 3 is 2.89 bits per heavy atom. The van der Waals surface area contributed by atoms with E-state index in [1.807, 2.05) is 24.3 Å². The van der Waals surface area contributed by atoms with Crippen LogP contribution in [-0.2, 0) is 11.2 Å². The third-order valence-corrected chi connectivity index (χ3v) is 4.52. The van der Waals surface area contributed by atoms with E-state index in [-0.39, 0.29) is 12.0 Å². The second-order valence-corrected chi connectivity index (χ2v) is 6.10. The van der Waals surface area contributed by atoms with Crippen molar-refractivity contribution in [3.63, 3.8) is 0 Å². The van der Waals surface area contributed by atoms with Crippen molar-refractivity contribution < 1.29 is 9.53 Å². The van der Waals surface area contributed by atoms with Crippen LogP contribution in [0.15, 0.2) is 24.3 Å². The molecular formula is C14H18BrNO2. The molecule has 1 amide bonds. The number of hydrogen-bond donors (Lipinski definition) is 1. The maximum absolute atomic E-state index is 12.0. The average Bonchev–Trinajstić information content (AvgIpc) is 2.79. The molecule has 2 rings (SSSR count). The fourth-order valence-corrected chi connectivity index (χ4v) is 2.04. The maximum atomic E-state index is 12.0. The molecular weight excluding hydrogens is 294 g/mol. The van der Waals surface area contributed by atoms with E-state index in [1.54, 1.807) is 0 Å². The van der Waals surface area contributed by atoms with Gasteiger partial charge in [-0.1, -0.05) is 48.0 Å². The summed E-state index contributed by atoms with van der Waals surface area (Å²) < 4.78 is 5.63. The molecule has 1 N–H and O–H groups in total. The minimum absolute atomic E-state index is 0.0312. The van der Waals surface area contributed by atoms with Crippen molar-refractivity contribution in [1.82, 2.24) is 5.32 Å². The Morgan fingerprint density at radius 1 is 1.50 bits per heavy atom. The van der Waals surface area contributed by atoms with Gasteiger partial charge in [-0.05, 0) is 17.5 Å². The molecule has 98 valence electrons.